The van der Waals surface area contributed by atoms with E-state index in [0.717, 1.165) is 17.0 Å². The molecule has 14 heavy (non-hydrogen) atoms. The molecule has 0 amide bonds. The number of rotatable bonds is 2. The van der Waals surface area contributed by atoms with Gasteiger partial charge in [0.25, 0.3) is 0 Å². The van der Waals surface area contributed by atoms with Crippen molar-refractivity contribution in [1.82, 2.24) is 14.5 Å². The highest BCUT2D eigenvalue weighted by Crippen LogP contribution is 2.16. The molecule has 0 aromatic carbocycles. The average Bonchev–Trinajstić information content (AvgIpc) is 2.66. The molecule has 0 fully saturated rings. The van der Waals surface area contributed by atoms with Gasteiger partial charge in [-0.3, -0.25) is 4.98 Å². The van der Waals surface area contributed by atoms with Crippen molar-refractivity contribution in [3.8, 4) is 11.3 Å². The van der Waals surface area contributed by atoms with Crippen molar-refractivity contribution in [2.24, 2.45) is 0 Å². The van der Waals surface area contributed by atoms with Gasteiger partial charge in [0, 0.05) is 23.7 Å². The van der Waals surface area contributed by atoms with E-state index in [1.54, 1.807) is 12.5 Å². The third kappa shape index (κ3) is 1.77. The number of hydrogen-bond acceptors (Lipinski definition) is 2. The quantitative estimate of drug-likeness (QED) is 0.709. The number of nitrogens with zero attached hydrogens (tertiary/aromatic N) is 3. The first-order valence-electron chi connectivity index (χ1n) is 4.30. The molecule has 0 aliphatic carbocycles. The third-order valence-electron chi connectivity index (χ3n) is 1.96. The van der Waals surface area contributed by atoms with Crippen LogP contribution in [0, 0.1) is 6.92 Å². The van der Waals surface area contributed by atoms with Crippen molar-refractivity contribution >= 4 is 11.6 Å². The van der Waals surface area contributed by atoms with Gasteiger partial charge in [-0.1, -0.05) is 0 Å². The second kappa shape index (κ2) is 3.80. The summed E-state index contributed by atoms with van der Waals surface area (Å²) in [7, 11) is 0. The summed E-state index contributed by atoms with van der Waals surface area (Å²) < 4.78 is 1.83. The van der Waals surface area contributed by atoms with E-state index in [4.69, 9.17) is 11.6 Å². The number of hydrogen-bond donors (Lipinski definition) is 0. The first-order valence-corrected chi connectivity index (χ1v) is 4.84. The Bertz CT molecular complexity index is 436. The predicted molar refractivity (Wildman–Crippen MR) is 56.0 cm³/mol. The molecular formula is C10H10ClN3. The summed E-state index contributed by atoms with van der Waals surface area (Å²) >= 11 is 5.67. The predicted octanol–water partition coefficient (Wildman–Crippen LogP) is 2.45. The molecule has 0 atom stereocenters. The molecule has 4 heteroatoms. The molecule has 2 heterocycles. The summed E-state index contributed by atoms with van der Waals surface area (Å²) in [5.41, 5.74) is 2.99. The lowest BCUT2D eigenvalue weighted by atomic mass is 10.2. The molecule has 72 valence electrons. The second-order valence-corrected chi connectivity index (χ2v) is 3.32. The topological polar surface area (TPSA) is 30.7 Å². The molecule has 3 nitrogen and oxygen atoms in total. The average molecular weight is 208 g/mol. The van der Waals surface area contributed by atoms with Crippen LogP contribution < -0.4 is 0 Å². The first-order chi connectivity index (χ1) is 6.79. The SMILES string of the molecule is Cc1cc(-c2cn(CCl)cn2)ccn1. The number of pyridine rings is 1. The lowest BCUT2D eigenvalue weighted by Crippen LogP contribution is -1.85. The van der Waals surface area contributed by atoms with Gasteiger partial charge in [-0.25, -0.2) is 4.98 Å². The van der Waals surface area contributed by atoms with Gasteiger partial charge < -0.3 is 4.57 Å². The third-order valence-corrected chi connectivity index (χ3v) is 2.24. The first kappa shape index (κ1) is 9.21. The van der Waals surface area contributed by atoms with Gasteiger partial charge in [0.2, 0.25) is 0 Å². The maximum atomic E-state index is 5.67. The van der Waals surface area contributed by atoms with E-state index < -0.39 is 0 Å². The van der Waals surface area contributed by atoms with Gasteiger partial charge >= 0.3 is 0 Å². The molecule has 0 radical (unpaired) electrons. The standard InChI is InChI=1S/C10H10ClN3/c1-8-4-9(2-3-12-8)10-5-14(6-11)7-13-10/h2-5,7H,6H2,1H3. The maximum absolute atomic E-state index is 5.67. The fourth-order valence-corrected chi connectivity index (χ4v) is 1.41. The van der Waals surface area contributed by atoms with Crippen LogP contribution in [-0.2, 0) is 6.00 Å². The lowest BCUT2D eigenvalue weighted by molar-refractivity contribution is 0.881. The van der Waals surface area contributed by atoms with Crippen molar-refractivity contribution in [2.45, 2.75) is 12.9 Å². The van der Waals surface area contributed by atoms with Crippen LogP contribution in [0.5, 0.6) is 0 Å². The monoisotopic (exact) mass is 207 g/mol. The number of aromatic nitrogens is 3. The second-order valence-electron chi connectivity index (χ2n) is 3.08. The van der Waals surface area contributed by atoms with Gasteiger partial charge in [-0.2, -0.15) is 0 Å². The summed E-state index contributed by atoms with van der Waals surface area (Å²) in [6, 6.07) is 4.37. The van der Waals surface area contributed by atoms with Gasteiger partial charge in [0.1, 0.15) is 0 Å². The summed E-state index contributed by atoms with van der Waals surface area (Å²) in [4.78, 5) is 8.38. The summed E-state index contributed by atoms with van der Waals surface area (Å²) in [6.45, 7) is 1.96. The fraction of sp³-hybridized carbons (Fsp3) is 0.200. The van der Waals surface area contributed by atoms with Crippen molar-refractivity contribution in [3.05, 3.63) is 36.5 Å². The van der Waals surface area contributed by atoms with Crippen LogP contribution in [0.15, 0.2) is 30.9 Å². The molecule has 0 spiro atoms. The smallest absolute Gasteiger partial charge is 0.0981 e. The van der Waals surface area contributed by atoms with E-state index in [1.807, 2.05) is 29.8 Å². The van der Waals surface area contributed by atoms with E-state index in [-0.39, 0.29) is 0 Å². The fourth-order valence-electron chi connectivity index (χ4n) is 1.28. The Morgan fingerprint density at radius 3 is 2.93 bits per heavy atom. The minimum absolute atomic E-state index is 0.428. The van der Waals surface area contributed by atoms with E-state index in [2.05, 4.69) is 9.97 Å². The Hall–Kier alpha value is -1.35. The van der Waals surface area contributed by atoms with Crippen molar-refractivity contribution in [3.63, 3.8) is 0 Å². The number of alkyl halides is 1. The normalized spacial score (nSPS) is 10.4. The van der Waals surface area contributed by atoms with E-state index in [0.29, 0.717) is 6.00 Å². The molecule has 0 bridgehead atoms. The Morgan fingerprint density at radius 2 is 2.29 bits per heavy atom. The molecule has 2 aromatic rings. The van der Waals surface area contributed by atoms with Crippen LogP contribution in [0.1, 0.15) is 5.69 Å². The summed E-state index contributed by atoms with van der Waals surface area (Å²) in [6.07, 6.45) is 5.42. The van der Waals surface area contributed by atoms with E-state index >= 15 is 0 Å². The highest BCUT2D eigenvalue weighted by Gasteiger charge is 2.01. The Morgan fingerprint density at radius 1 is 1.43 bits per heavy atom. The number of imidazole rings is 1. The highest BCUT2D eigenvalue weighted by atomic mass is 35.5. The molecule has 2 rings (SSSR count). The molecule has 0 saturated heterocycles. The van der Waals surface area contributed by atoms with Crippen LogP contribution >= 0.6 is 11.6 Å². The molecule has 0 N–H and O–H groups in total. The van der Waals surface area contributed by atoms with E-state index in [9.17, 15) is 0 Å². The van der Waals surface area contributed by atoms with E-state index in [1.165, 1.54) is 0 Å². The molecule has 0 saturated carbocycles. The van der Waals surface area contributed by atoms with Gasteiger partial charge in [-0.15, -0.1) is 11.6 Å². The largest absolute Gasteiger partial charge is 0.323 e. The van der Waals surface area contributed by atoms with Crippen LogP contribution in [-0.4, -0.2) is 14.5 Å². The minimum Gasteiger partial charge on any atom is -0.323 e. The molecule has 0 unspecified atom stereocenters. The van der Waals surface area contributed by atoms with Crippen molar-refractivity contribution in [2.75, 3.05) is 0 Å². The Balaban J connectivity index is 2.39. The van der Waals surface area contributed by atoms with Gasteiger partial charge in [0.15, 0.2) is 0 Å². The van der Waals surface area contributed by atoms with Gasteiger partial charge in [0.05, 0.1) is 18.0 Å². The molecular weight excluding hydrogens is 198 g/mol. The number of halogens is 1. The van der Waals surface area contributed by atoms with Crippen molar-refractivity contribution < 1.29 is 0 Å². The Kier molecular flexibility index (Phi) is 2.50. The maximum Gasteiger partial charge on any atom is 0.0981 e. The van der Waals surface area contributed by atoms with Crippen LogP contribution in [0.3, 0.4) is 0 Å². The molecule has 0 aliphatic heterocycles. The summed E-state index contributed by atoms with van der Waals surface area (Å²) in [5, 5.41) is 0. The van der Waals surface area contributed by atoms with Crippen LogP contribution in [0.25, 0.3) is 11.3 Å². The summed E-state index contributed by atoms with van der Waals surface area (Å²) in [5.74, 6) is 0. The minimum atomic E-state index is 0.428. The zero-order valence-electron chi connectivity index (χ0n) is 7.81. The zero-order valence-corrected chi connectivity index (χ0v) is 8.57. The van der Waals surface area contributed by atoms with Crippen LogP contribution in [0.4, 0.5) is 0 Å². The molecule has 2 aromatic heterocycles. The number of aryl methyl sites for hydroxylation is 1. The lowest BCUT2D eigenvalue weighted by Gasteiger charge is -1.96. The highest BCUT2D eigenvalue weighted by molar-refractivity contribution is 6.15. The Labute approximate surface area is 87.4 Å². The van der Waals surface area contributed by atoms with Gasteiger partial charge in [-0.05, 0) is 19.1 Å². The van der Waals surface area contributed by atoms with Crippen molar-refractivity contribution in [1.29, 1.82) is 0 Å². The molecule has 0 aliphatic rings. The zero-order chi connectivity index (χ0) is 9.97. The van der Waals surface area contributed by atoms with Crippen LogP contribution in [0.2, 0.25) is 0 Å².